The van der Waals surface area contributed by atoms with Gasteiger partial charge in [-0.15, -0.1) is 0 Å². The number of esters is 1. The van der Waals surface area contributed by atoms with Crippen LogP contribution in [0.15, 0.2) is 18.2 Å². The lowest BCUT2D eigenvalue weighted by atomic mass is 10.1. The minimum absolute atomic E-state index is 0.0182. The van der Waals surface area contributed by atoms with Gasteiger partial charge in [0.05, 0.1) is 24.0 Å². The summed E-state index contributed by atoms with van der Waals surface area (Å²) in [5.41, 5.74) is 4.53. The molecule has 0 aliphatic carbocycles. The van der Waals surface area contributed by atoms with Crippen LogP contribution in [0.1, 0.15) is 51.9 Å². The first kappa shape index (κ1) is 21.3. The molecule has 0 aliphatic rings. The Morgan fingerprint density at radius 3 is 1.73 bits per heavy atom. The normalized spacial score (nSPS) is 11.5. The number of carbonyl (C=O) groups excluding carboxylic acids is 3. The molecule has 0 radical (unpaired) electrons. The predicted molar refractivity (Wildman–Crippen MR) is 97.1 cm³/mol. The number of amides is 2. The Kier molecular flexibility index (Phi) is 6.25. The molecule has 2 N–H and O–H groups in total. The van der Waals surface area contributed by atoms with Gasteiger partial charge in [0.15, 0.2) is 0 Å². The van der Waals surface area contributed by atoms with Gasteiger partial charge in [0.1, 0.15) is 11.2 Å². The van der Waals surface area contributed by atoms with E-state index in [0.717, 1.165) is 0 Å². The fraction of sp³-hybridized carbons (Fsp3) is 0.500. The molecule has 0 aliphatic heterocycles. The predicted octanol–water partition coefficient (Wildman–Crippen LogP) is 3.73. The summed E-state index contributed by atoms with van der Waals surface area (Å²) in [7, 11) is 1.24. The van der Waals surface area contributed by atoms with Gasteiger partial charge in [-0.1, -0.05) is 0 Å². The number of imide groups is 1. The first-order valence-corrected chi connectivity index (χ1v) is 7.99. The molecule has 1 aromatic carbocycles. The average molecular weight is 366 g/mol. The van der Waals surface area contributed by atoms with E-state index >= 15 is 0 Å². The fourth-order valence-electron chi connectivity index (χ4n) is 1.89. The van der Waals surface area contributed by atoms with Gasteiger partial charge in [0, 0.05) is 0 Å². The van der Waals surface area contributed by atoms with Crippen molar-refractivity contribution in [2.45, 2.75) is 52.7 Å². The lowest BCUT2D eigenvalue weighted by Crippen LogP contribution is -2.44. The molecule has 0 unspecified atom stereocenters. The molecule has 0 atom stereocenters. The first-order valence-electron chi connectivity index (χ1n) is 7.99. The Morgan fingerprint density at radius 1 is 0.923 bits per heavy atom. The van der Waals surface area contributed by atoms with Gasteiger partial charge in [-0.2, -0.15) is 4.90 Å². The van der Waals surface area contributed by atoms with E-state index in [9.17, 15) is 14.4 Å². The third-order valence-electron chi connectivity index (χ3n) is 2.84. The topological polar surface area (TPSA) is 108 Å². The molecule has 8 heteroatoms. The summed E-state index contributed by atoms with van der Waals surface area (Å²) in [6.45, 7) is 10.0. The van der Waals surface area contributed by atoms with Crippen LogP contribution in [0, 0.1) is 0 Å². The largest absolute Gasteiger partial charge is 0.465 e. The quantitative estimate of drug-likeness (QED) is 0.482. The summed E-state index contributed by atoms with van der Waals surface area (Å²) in [5.74, 6) is -0.593. The molecular formula is C18H26N2O6. The van der Waals surface area contributed by atoms with Crippen LogP contribution in [-0.2, 0) is 14.2 Å². The number of rotatable bonds is 2. The van der Waals surface area contributed by atoms with Gasteiger partial charge >= 0.3 is 18.2 Å². The molecule has 0 saturated carbocycles. The highest BCUT2D eigenvalue weighted by Gasteiger charge is 2.33. The number of methoxy groups -OCH3 is 1. The molecule has 0 aromatic heterocycles. The molecule has 144 valence electrons. The van der Waals surface area contributed by atoms with Crippen LogP contribution in [0.4, 0.5) is 21.0 Å². The number of carbonyl (C=O) groups is 3. The van der Waals surface area contributed by atoms with Crippen molar-refractivity contribution in [1.82, 2.24) is 0 Å². The highest BCUT2D eigenvalue weighted by Crippen LogP contribution is 2.28. The van der Waals surface area contributed by atoms with Crippen molar-refractivity contribution < 1.29 is 28.6 Å². The summed E-state index contributed by atoms with van der Waals surface area (Å²) in [6, 6.07) is 4.05. The van der Waals surface area contributed by atoms with Gasteiger partial charge < -0.3 is 19.9 Å². The third kappa shape index (κ3) is 5.94. The number of hydrogen-bond acceptors (Lipinski definition) is 7. The van der Waals surface area contributed by atoms with E-state index < -0.39 is 29.4 Å². The third-order valence-corrected chi connectivity index (χ3v) is 2.84. The highest BCUT2D eigenvalue weighted by atomic mass is 16.6. The second kappa shape index (κ2) is 7.63. The molecule has 26 heavy (non-hydrogen) atoms. The Hall–Kier alpha value is -2.77. The molecule has 0 bridgehead atoms. The van der Waals surface area contributed by atoms with Crippen LogP contribution in [0.25, 0.3) is 0 Å². The van der Waals surface area contributed by atoms with Gasteiger partial charge in [-0.3, -0.25) is 0 Å². The van der Waals surface area contributed by atoms with Crippen molar-refractivity contribution in [3.05, 3.63) is 23.8 Å². The molecule has 0 spiro atoms. The number of ether oxygens (including phenoxy) is 3. The molecule has 0 heterocycles. The monoisotopic (exact) mass is 366 g/mol. The second-order valence-corrected chi connectivity index (χ2v) is 7.56. The van der Waals surface area contributed by atoms with Crippen LogP contribution in [0.2, 0.25) is 0 Å². The van der Waals surface area contributed by atoms with Crippen LogP contribution in [0.5, 0.6) is 0 Å². The van der Waals surface area contributed by atoms with Gasteiger partial charge in [-0.25, -0.2) is 14.4 Å². The van der Waals surface area contributed by atoms with E-state index in [0.29, 0.717) is 4.90 Å². The zero-order chi connectivity index (χ0) is 20.3. The maximum Gasteiger partial charge on any atom is 0.424 e. The standard InChI is InChI=1S/C18H26N2O6/c1-17(2,3)25-15(22)20(16(23)26-18(4,5)6)13-9-8-11(10-12(13)19)14(21)24-7/h8-10H,19H2,1-7H3. The van der Waals surface area contributed by atoms with Crippen LogP contribution < -0.4 is 10.6 Å². The molecule has 0 saturated heterocycles. The second-order valence-electron chi connectivity index (χ2n) is 7.56. The first-order chi connectivity index (χ1) is 11.7. The van der Waals surface area contributed by atoms with E-state index in [1.165, 1.54) is 25.3 Å². The average Bonchev–Trinajstić information content (AvgIpc) is 2.44. The van der Waals surface area contributed by atoms with E-state index in [1.54, 1.807) is 41.5 Å². The van der Waals surface area contributed by atoms with E-state index in [4.69, 9.17) is 15.2 Å². The van der Waals surface area contributed by atoms with Gasteiger partial charge in [-0.05, 0) is 59.7 Å². The van der Waals surface area contributed by atoms with Crippen molar-refractivity contribution in [2.75, 3.05) is 17.7 Å². The van der Waals surface area contributed by atoms with E-state index in [1.807, 2.05) is 0 Å². The molecular weight excluding hydrogens is 340 g/mol. The van der Waals surface area contributed by atoms with Crippen molar-refractivity contribution in [1.29, 1.82) is 0 Å². The van der Waals surface area contributed by atoms with Gasteiger partial charge in [0.25, 0.3) is 0 Å². The SMILES string of the molecule is COC(=O)c1ccc(N(C(=O)OC(C)(C)C)C(=O)OC(C)(C)C)c(N)c1. The summed E-state index contributed by atoms with van der Waals surface area (Å²) < 4.78 is 15.2. The van der Waals surface area contributed by atoms with Crippen molar-refractivity contribution in [2.24, 2.45) is 0 Å². The number of nitrogens with two attached hydrogens (primary N) is 1. The number of nitrogens with zero attached hydrogens (tertiary/aromatic N) is 1. The molecule has 1 aromatic rings. The summed E-state index contributed by atoms with van der Waals surface area (Å²) >= 11 is 0. The summed E-state index contributed by atoms with van der Waals surface area (Å²) in [4.78, 5) is 37.5. The molecule has 2 amide bonds. The number of benzene rings is 1. The van der Waals surface area contributed by atoms with Crippen LogP contribution >= 0.6 is 0 Å². The van der Waals surface area contributed by atoms with Crippen molar-refractivity contribution in [3.63, 3.8) is 0 Å². The van der Waals surface area contributed by atoms with E-state index in [2.05, 4.69) is 4.74 Å². The lowest BCUT2D eigenvalue weighted by Gasteiger charge is -2.29. The number of anilines is 2. The Morgan fingerprint density at radius 2 is 1.38 bits per heavy atom. The van der Waals surface area contributed by atoms with Crippen LogP contribution in [-0.4, -0.2) is 36.5 Å². The van der Waals surface area contributed by atoms with Crippen LogP contribution in [0.3, 0.4) is 0 Å². The highest BCUT2D eigenvalue weighted by molar-refractivity contribution is 6.12. The number of hydrogen-bond donors (Lipinski definition) is 1. The summed E-state index contributed by atoms with van der Waals surface area (Å²) in [5, 5.41) is 0. The molecule has 0 fully saturated rings. The fourth-order valence-corrected chi connectivity index (χ4v) is 1.89. The van der Waals surface area contributed by atoms with Crippen molar-refractivity contribution >= 4 is 29.5 Å². The molecule has 8 nitrogen and oxygen atoms in total. The van der Waals surface area contributed by atoms with Gasteiger partial charge in [0.2, 0.25) is 0 Å². The maximum atomic E-state index is 12.6. The zero-order valence-electron chi connectivity index (χ0n) is 16.2. The smallest absolute Gasteiger partial charge is 0.424 e. The maximum absolute atomic E-state index is 12.6. The minimum atomic E-state index is -0.940. The molecule has 1 rings (SSSR count). The zero-order valence-corrected chi connectivity index (χ0v) is 16.2. The summed E-state index contributed by atoms with van der Waals surface area (Å²) in [6.07, 6.45) is -1.88. The Bertz CT molecular complexity index is 673. The minimum Gasteiger partial charge on any atom is -0.465 e. The van der Waals surface area contributed by atoms with E-state index in [-0.39, 0.29) is 16.9 Å². The Labute approximate surface area is 153 Å². The Balaban J connectivity index is 3.34. The lowest BCUT2D eigenvalue weighted by molar-refractivity contribution is 0.0430. The van der Waals surface area contributed by atoms with Crippen molar-refractivity contribution in [3.8, 4) is 0 Å². The number of nitrogen functional groups attached to an aromatic ring is 1.